The molecule has 0 radical (unpaired) electrons. The first-order chi connectivity index (χ1) is 11.5. The van der Waals surface area contributed by atoms with Crippen molar-refractivity contribution in [3.63, 3.8) is 0 Å². The molecule has 0 aromatic heterocycles. The highest BCUT2D eigenvalue weighted by molar-refractivity contribution is 6.32. The van der Waals surface area contributed by atoms with Gasteiger partial charge in [0.15, 0.2) is 11.5 Å². The summed E-state index contributed by atoms with van der Waals surface area (Å²) < 4.78 is 11.1. The van der Waals surface area contributed by atoms with Crippen LogP contribution in [-0.4, -0.2) is 44.2 Å². The standard InChI is InChI=1S/C17H24ClN3O3/c1-4-21(5-2)8-9-24-17-14(18)10-13(11-15(17)23-3)12-20-16(22)6-7-19/h10-11H,4-6,8-9,12H2,1-3H3,(H,20,22). The van der Waals surface area contributed by atoms with Crippen molar-refractivity contribution in [3.05, 3.63) is 22.7 Å². The largest absolute Gasteiger partial charge is 0.493 e. The van der Waals surface area contributed by atoms with Gasteiger partial charge in [-0.1, -0.05) is 25.4 Å². The van der Waals surface area contributed by atoms with Crippen LogP contribution in [0.2, 0.25) is 5.02 Å². The van der Waals surface area contributed by atoms with Crippen LogP contribution >= 0.6 is 11.6 Å². The summed E-state index contributed by atoms with van der Waals surface area (Å²) in [6.07, 6.45) is -0.169. The fourth-order valence-corrected chi connectivity index (χ4v) is 2.45. The average molecular weight is 354 g/mol. The van der Waals surface area contributed by atoms with Gasteiger partial charge in [-0.3, -0.25) is 4.79 Å². The number of rotatable bonds is 10. The molecule has 0 fully saturated rings. The quantitative estimate of drug-likeness (QED) is 0.699. The number of hydrogen-bond acceptors (Lipinski definition) is 5. The predicted octanol–water partition coefficient (Wildman–Crippen LogP) is 2.60. The maximum atomic E-state index is 11.4. The van der Waals surface area contributed by atoms with Crippen molar-refractivity contribution >= 4 is 17.5 Å². The summed E-state index contributed by atoms with van der Waals surface area (Å²) in [5, 5.41) is 11.6. The first-order valence-corrected chi connectivity index (χ1v) is 8.28. The Labute approximate surface area is 148 Å². The Hall–Kier alpha value is -1.97. The van der Waals surface area contributed by atoms with Gasteiger partial charge in [0.25, 0.3) is 0 Å². The number of hydrogen-bond donors (Lipinski definition) is 1. The molecular weight excluding hydrogens is 330 g/mol. The number of nitriles is 1. The van der Waals surface area contributed by atoms with Gasteiger partial charge in [0.05, 0.1) is 18.2 Å². The second-order valence-electron chi connectivity index (χ2n) is 5.10. The molecule has 0 saturated carbocycles. The van der Waals surface area contributed by atoms with E-state index in [0.717, 1.165) is 25.2 Å². The van der Waals surface area contributed by atoms with Crippen molar-refractivity contribution in [2.24, 2.45) is 0 Å². The van der Waals surface area contributed by atoms with Crippen molar-refractivity contribution in [2.75, 3.05) is 33.4 Å². The fraction of sp³-hybridized carbons (Fsp3) is 0.529. The second-order valence-corrected chi connectivity index (χ2v) is 5.50. The Balaban J connectivity index is 2.73. The topological polar surface area (TPSA) is 74.6 Å². The Kier molecular flexibility index (Phi) is 8.98. The number of nitrogens with zero attached hydrogens (tertiary/aromatic N) is 2. The van der Waals surface area contributed by atoms with E-state index in [1.54, 1.807) is 25.3 Å². The van der Waals surface area contributed by atoms with Crippen LogP contribution in [0.1, 0.15) is 25.8 Å². The lowest BCUT2D eigenvalue weighted by molar-refractivity contribution is -0.120. The van der Waals surface area contributed by atoms with Crippen LogP contribution in [-0.2, 0) is 11.3 Å². The highest BCUT2D eigenvalue weighted by Gasteiger charge is 2.13. The number of likely N-dealkylation sites (N-methyl/N-ethyl adjacent to an activating group) is 1. The summed E-state index contributed by atoms with van der Waals surface area (Å²) >= 11 is 6.29. The molecule has 7 heteroatoms. The summed E-state index contributed by atoms with van der Waals surface area (Å²) in [5.74, 6) is 0.692. The smallest absolute Gasteiger partial charge is 0.234 e. The van der Waals surface area contributed by atoms with Crippen LogP contribution in [0.25, 0.3) is 0 Å². The van der Waals surface area contributed by atoms with E-state index < -0.39 is 0 Å². The van der Waals surface area contributed by atoms with Crippen molar-refractivity contribution in [3.8, 4) is 17.6 Å². The molecule has 0 spiro atoms. The van der Waals surface area contributed by atoms with Crippen molar-refractivity contribution in [1.82, 2.24) is 10.2 Å². The molecule has 0 atom stereocenters. The van der Waals surface area contributed by atoms with Crippen LogP contribution in [0.15, 0.2) is 12.1 Å². The van der Waals surface area contributed by atoms with Gasteiger partial charge in [0.1, 0.15) is 13.0 Å². The van der Waals surface area contributed by atoms with Crippen LogP contribution in [0, 0.1) is 11.3 Å². The second kappa shape index (κ2) is 10.7. The molecule has 24 heavy (non-hydrogen) atoms. The molecule has 1 N–H and O–H groups in total. The number of benzene rings is 1. The van der Waals surface area contributed by atoms with Gasteiger partial charge in [-0.2, -0.15) is 5.26 Å². The van der Waals surface area contributed by atoms with Crippen LogP contribution in [0.5, 0.6) is 11.5 Å². The molecule has 0 saturated heterocycles. The Morgan fingerprint density at radius 3 is 2.67 bits per heavy atom. The zero-order valence-electron chi connectivity index (χ0n) is 14.4. The normalized spacial score (nSPS) is 10.3. The number of halogens is 1. The number of carbonyl (C=O) groups is 1. The summed E-state index contributed by atoms with van der Waals surface area (Å²) in [4.78, 5) is 13.6. The highest BCUT2D eigenvalue weighted by Crippen LogP contribution is 2.36. The van der Waals surface area contributed by atoms with E-state index >= 15 is 0 Å². The van der Waals surface area contributed by atoms with Crippen molar-refractivity contribution < 1.29 is 14.3 Å². The van der Waals surface area contributed by atoms with E-state index in [4.69, 9.17) is 26.3 Å². The Morgan fingerprint density at radius 1 is 1.38 bits per heavy atom. The molecule has 1 aromatic rings. The van der Waals surface area contributed by atoms with E-state index in [0.29, 0.717) is 23.1 Å². The van der Waals surface area contributed by atoms with E-state index in [-0.39, 0.29) is 18.9 Å². The lowest BCUT2D eigenvalue weighted by atomic mass is 10.2. The van der Waals surface area contributed by atoms with E-state index in [9.17, 15) is 4.79 Å². The van der Waals surface area contributed by atoms with Gasteiger partial charge >= 0.3 is 0 Å². The van der Waals surface area contributed by atoms with E-state index in [2.05, 4.69) is 24.1 Å². The molecule has 1 aromatic carbocycles. The summed E-state index contributed by atoms with van der Waals surface area (Å²) in [6, 6.07) is 5.30. The zero-order valence-corrected chi connectivity index (χ0v) is 15.2. The van der Waals surface area contributed by atoms with Crippen molar-refractivity contribution in [1.29, 1.82) is 5.26 Å². The van der Waals surface area contributed by atoms with Crippen LogP contribution < -0.4 is 14.8 Å². The Morgan fingerprint density at radius 2 is 2.08 bits per heavy atom. The molecule has 0 aliphatic carbocycles. The van der Waals surface area contributed by atoms with Gasteiger partial charge < -0.3 is 19.7 Å². The van der Waals surface area contributed by atoms with Gasteiger partial charge in [-0.15, -0.1) is 0 Å². The molecule has 0 unspecified atom stereocenters. The third-order valence-electron chi connectivity index (χ3n) is 3.57. The first-order valence-electron chi connectivity index (χ1n) is 7.90. The van der Waals surface area contributed by atoms with E-state index in [1.165, 1.54) is 0 Å². The van der Waals surface area contributed by atoms with Crippen molar-refractivity contribution in [2.45, 2.75) is 26.8 Å². The monoisotopic (exact) mass is 353 g/mol. The highest BCUT2D eigenvalue weighted by atomic mass is 35.5. The maximum Gasteiger partial charge on any atom is 0.234 e. The lowest BCUT2D eigenvalue weighted by Gasteiger charge is -2.19. The fourth-order valence-electron chi connectivity index (χ4n) is 2.17. The maximum absolute atomic E-state index is 11.4. The minimum Gasteiger partial charge on any atom is -0.493 e. The van der Waals surface area contributed by atoms with E-state index in [1.807, 2.05) is 0 Å². The number of carbonyl (C=O) groups excluding carboxylic acids is 1. The number of methoxy groups -OCH3 is 1. The molecule has 0 heterocycles. The molecule has 1 rings (SSSR count). The average Bonchev–Trinajstić information content (AvgIpc) is 2.58. The summed E-state index contributed by atoms with van der Waals surface area (Å²) in [7, 11) is 1.54. The molecule has 0 aliphatic rings. The molecule has 6 nitrogen and oxygen atoms in total. The first kappa shape index (κ1) is 20.1. The van der Waals surface area contributed by atoms with Gasteiger partial charge in [0, 0.05) is 13.1 Å². The number of ether oxygens (including phenoxy) is 2. The SMILES string of the molecule is CCN(CC)CCOc1c(Cl)cc(CNC(=O)CC#N)cc1OC. The minimum absolute atomic E-state index is 0.169. The summed E-state index contributed by atoms with van der Waals surface area (Å²) in [6.45, 7) is 7.72. The molecule has 1 amide bonds. The third kappa shape index (κ3) is 6.26. The van der Waals surface area contributed by atoms with Gasteiger partial charge in [-0.25, -0.2) is 0 Å². The van der Waals surface area contributed by atoms with Crippen LogP contribution in [0.4, 0.5) is 0 Å². The molecule has 132 valence electrons. The van der Waals surface area contributed by atoms with Crippen LogP contribution in [0.3, 0.4) is 0 Å². The third-order valence-corrected chi connectivity index (χ3v) is 3.85. The predicted molar refractivity (Wildman–Crippen MR) is 93.4 cm³/mol. The van der Waals surface area contributed by atoms with Gasteiger partial charge in [0.2, 0.25) is 5.91 Å². The number of nitrogens with one attached hydrogen (secondary N) is 1. The summed E-state index contributed by atoms with van der Waals surface area (Å²) in [5.41, 5.74) is 0.777. The molecule has 0 bridgehead atoms. The van der Waals surface area contributed by atoms with Gasteiger partial charge in [-0.05, 0) is 30.8 Å². The Bertz CT molecular complexity index is 583. The lowest BCUT2D eigenvalue weighted by Crippen LogP contribution is -2.28. The number of amides is 1. The molecule has 0 aliphatic heterocycles. The zero-order chi connectivity index (χ0) is 17.9. The minimum atomic E-state index is -0.327. The molecular formula is C17H24ClN3O3.